The molecule has 0 aliphatic carbocycles. The molecule has 0 radical (unpaired) electrons. The van der Waals surface area contributed by atoms with Gasteiger partial charge in [0.25, 0.3) is 5.91 Å². The Morgan fingerprint density at radius 3 is 2.73 bits per heavy atom. The number of anilines is 1. The fraction of sp³-hybridized carbons (Fsp3) is 0.188. The first-order valence-corrected chi connectivity index (χ1v) is 7.84. The van der Waals surface area contributed by atoms with Gasteiger partial charge >= 0.3 is 0 Å². The fourth-order valence-corrected chi connectivity index (χ4v) is 2.76. The monoisotopic (exact) mass is 312 g/mol. The van der Waals surface area contributed by atoms with Crippen LogP contribution in [0.2, 0.25) is 0 Å². The summed E-state index contributed by atoms with van der Waals surface area (Å²) < 4.78 is 1.66. The lowest BCUT2D eigenvalue weighted by Gasteiger charge is -2.10. The van der Waals surface area contributed by atoms with Gasteiger partial charge in [0.1, 0.15) is 6.04 Å². The molecule has 0 fully saturated rings. The standard InChI is InChI=1S/C16H16N4OS/c1-11-10-22-16(18-11)19-15(21)12(2)20-9-14(8-17-20)13-6-4-3-5-7-13/h3-10,12H,1-2H3,(H,18,19,21)/t12-/m1/s1. The summed E-state index contributed by atoms with van der Waals surface area (Å²) in [7, 11) is 0. The highest BCUT2D eigenvalue weighted by molar-refractivity contribution is 7.13. The number of hydrogen-bond donors (Lipinski definition) is 1. The van der Waals surface area contributed by atoms with Crippen molar-refractivity contribution in [2.45, 2.75) is 19.9 Å². The number of thiazole rings is 1. The first kappa shape index (κ1) is 14.5. The molecule has 0 bridgehead atoms. The van der Waals surface area contributed by atoms with Gasteiger partial charge in [-0.1, -0.05) is 30.3 Å². The van der Waals surface area contributed by atoms with E-state index in [9.17, 15) is 4.79 Å². The van der Waals surface area contributed by atoms with Gasteiger partial charge in [-0.25, -0.2) is 4.98 Å². The van der Waals surface area contributed by atoms with Gasteiger partial charge in [-0.3, -0.25) is 9.48 Å². The van der Waals surface area contributed by atoms with Crippen molar-refractivity contribution in [1.29, 1.82) is 0 Å². The summed E-state index contributed by atoms with van der Waals surface area (Å²) >= 11 is 1.42. The van der Waals surface area contributed by atoms with Crippen LogP contribution in [0.5, 0.6) is 0 Å². The number of rotatable bonds is 4. The Balaban J connectivity index is 1.73. The molecule has 22 heavy (non-hydrogen) atoms. The molecule has 0 unspecified atom stereocenters. The predicted octanol–water partition coefficient (Wildman–Crippen LogP) is 3.51. The molecule has 0 spiro atoms. The summed E-state index contributed by atoms with van der Waals surface area (Å²) in [4.78, 5) is 16.5. The van der Waals surface area contributed by atoms with Crippen LogP contribution in [0.3, 0.4) is 0 Å². The highest BCUT2D eigenvalue weighted by Gasteiger charge is 2.17. The smallest absolute Gasteiger partial charge is 0.250 e. The van der Waals surface area contributed by atoms with Crippen molar-refractivity contribution in [3.8, 4) is 11.1 Å². The Morgan fingerprint density at radius 1 is 1.27 bits per heavy atom. The van der Waals surface area contributed by atoms with E-state index in [0.29, 0.717) is 5.13 Å². The van der Waals surface area contributed by atoms with Gasteiger partial charge in [-0.2, -0.15) is 5.10 Å². The number of nitrogens with zero attached hydrogens (tertiary/aromatic N) is 3. The van der Waals surface area contributed by atoms with E-state index in [4.69, 9.17) is 0 Å². The molecule has 2 aromatic heterocycles. The molecule has 1 aromatic carbocycles. The third-order valence-electron chi connectivity index (χ3n) is 3.33. The van der Waals surface area contributed by atoms with Gasteiger partial charge in [0.15, 0.2) is 5.13 Å². The maximum Gasteiger partial charge on any atom is 0.250 e. The number of amides is 1. The van der Waals surface area contributed by atoms with Crippen LogP contribution in [0, 0.1) is 6.92 Å². The van der Waals surface area contributed by atoms with Gasteiger partial charge in [-0.05, 0) is 19.4 Å². The van der Waals surface area contributed by atoms with E-state index >= 15 is 0 Å². The van der Waals surface area contributed by atoms with Crippen molar-refractivity contribution in [1.82, 2.24) is 14.8 Å². The van der Waals surface area contributed by atoms with Crippen LogP contribution in [0.4, 0.5) is 5.13 Å². The number of aryl methyl sites for hydroxylation is 1. The van der Waals surface area contributed by atoms with Crippen LogP contribution in [0.25, 0.3) is 11.1 Å². The Kier molecular flexibility index (Phi) is 4.02. The molecule has 2 heterocycles. The number of benzene rings is 1. The molecule has 0 saturated carbocycles. The zero-order valence-electron chi connectivity index (χ0n) is 12.4. The van der Waals surface area contributed by atoms with Crippen molar-refractivity contribution in [2.75, 3.05) is 5.32 Å². The highest BCUT2D eigenvalue weighted by Crippen LogP contribution is 2.21. The Morgan fingerprint density at radius 2 is 2.05 bits per heavy atom. The van der Waals surface area contributed by atoms with Gasteiger partial charge in [0, 0.05) is 17.1 Å². The lowest BCUT2D eigenvalue weighted by Crippen LogP contribution is -2.23. The normalized spacial score (nSPS) is 12.1. The van der Waals surface area contributed by atoms with Crippen molar-refractivity contribution >= 4 is 22.4 Å². The van der Waals surface area contributed by atoms with Crippen molar-refractivity contribution < 1.29 is 4.79 Å². The highest BCUT2D eigenvalue weighted by atomic mass is 32.1. The second-order valence-electron chi connectivity index (χ2n) is 5.03. The zero-order chi connectivity index (χ0) is 15.5. The molecule has 1 N–H and O–H groups in total. The Hall–Kier alpha value is -2.47. The molecule has 0 aliphatic heterocycles. The second kappa shape index (κ2) is 6.11. The lowest BCUT2D eigenvalue weighted by molar-refractivity contribution is -0.119. The van der Waals surface area contributed by atoms with Crippen LogP contribution in [0.15, 0.2) is 48.1 Å². The van der Waals surface area contributed by atoms with Crippen LogP contribution in [0.1, 0.15) is 18.7 Å². The first-order valence-electron chi connectivity index (χ1n) is 6.96. The van der Waals surface area contributed by atoms with Gasteiger partial charge in [0.05, 0.1) is 11.9 Å². The molecular weight excluding hydrogens is 296 g/mol. The molecule has 0 saturated heterocycles. The lowest BCUT2D eigenvalue weighted by atomic mass is 10.1. The van der Waals surface area contributed by atoms with Gasteiger partial charge < -0.3 is 5.32 Å². The van der Waals surface area contributed by atoms with E-state index in [0.717, 1.165) is 16.8 Å². The van der Waals surface area contributed by atoms with Crippen molar-refractivity contribution in [3.05, 3.63) is 53.8 Å². The molecule has 6 heteroatoms. The molecule has 112 valence electrons. The van der Waals surface area contributed by atoms with Gasteiger partial charge in [0.2, 0.25) is 0 Å². The van der Waals surface area contributed by atoms with E-state index in [1.807, 2.05) is 55.8 Å². The third kappa shape index (κ3) is 3.07. The van der Waals surface area contributed by atoms with E-state index in [-0.39, 0.29) is 5.91 Å². The average Bonchev–Trinajstić information content (AvgIpc) is 3.17. The fourth-order valence-electron chi connectivity index (χ4n) is 2.07. The number of hydrogen-bond acceptors (Lipinski definition) is 4. The van der Waals surface area contributed by atoms with Crippen molar-refractivity contribution in [3.63, 3.8) is 0 Å². The van der Waals surface area contributed by atoms with Crippen LogP contribution >= 0.6 is 11.3 Å². The predicted molar refractivity (Wildman–Crippen MR) is 87.9 cm³/mol. The summed E-state index contributed by atoms with van der Waals surface area (Å²) in [5, 5.41) is 9.64. The summed E-state index contributed by atoms with van der Waals surface area (Å²) in [6.45, 7) is 3.72. The Labute approximate surface area is 132 Å². The topological polar surface area (TPSA) is 59.8 Å². The Bertz CT molecular complexity index is 778. The van der Waals surface area contributed by atoms with E-state index in [2.05, 4.69) is 15.4 Å². The third-order valence-corrected chi connectivity index (χ3v) is 4.21. The van der Waals surface area contributed by atoms with E-state index in [1.54, 1.807) is 10.9 Å². The minimum atomic E-state index is -0.401. The molecule has 5 nitrogen and oxygen atoms in total. The summed E-state index contributed by atoms with van der Waals surface area (Å²) in [5.74, 6) is -0.128. The molecule has 0 aliphatic rings. The van der Waals surface area contributed by atoms with E-state index in [1.165, 1.54) is 11.3 Å². The van der Waals surface area contributed by atoms with Crippen LogP contribution in [-0.4, -0.2) is 20.7 Å². The van der Waals surface area contributed by atoms with Crippen molar-refractivity contribution in [2.24, 2.45) is 0 Å². The second-order valence-corrected chi connectivity index (χ2v) is 5.89. The minimum Gasteiger partial charge on any atom is -0.300 e. The largest absolute Gasteiger partial charge is 0.300 e. The quantitative estimate of drug-likeness (QED) is 0.802. The molecule has 1 atom stereocenters. The van der Waals surface area contributed by atoms with Crippen LogP contribution in [-0.2, 0) is 4.79 Å². The van der Waals surface area contributed by atoms with Crippen LogP contribution < -0.4 is 5.32 Å². The molecule has 3 rings (SSSR count). The summed E-state index contributed by atoms with van der Waals surface area (Å²) in [5.41, 5.74) is 2.97. The maximum absolute atomic E-state index is 12.3. The zero-order valence-corrected chi connectivity index (χ0v) is 13.2. The SMILES string of the molecule is Cc1csc(NC(=O)[C@@H](C)n2cc(-c3ccccc3)cn2)n1. The van der Waals surface area contributed by atoms with E-state index < -0.39 is 6.04 Å². The molecule has 3 aromatic rings. The minimum absolute atomic E-state index is 0.128. The molecular formula is C16H16N4OS. The number of nitrogens with one attached hydrogen (secondary N) is 1. The maximum atomic E-state index is 12.3. The number of aromatic nitrogens is 3. The first-order chi connectivity index (χ1) is 10.6. The number of carbonyl (C=O) groups is 1. The summed E-state index contributed by atoms with van der Waals surface area (Å²) in [6.07, 6.45) is 3.65. The average molecular weight is 312 g/mol. The van der Waals surface area contributed by atoms with Gasteiger partial charge in [-0.15, -0.1) is 11.3 Å². The molecule has 1 amide bonds. The summed E-state index contributed by atoms with van der Waals surface area (Å²) in [6, 6.07) is 9.57. The number of carbonyl (C=O) groups excluding carboxylic acids is 1.